The minimum Gasteiger partial charge on any atom is -0.388 e. The fourth-order valence-electron chi connectivity index (χ4n) is 2.25. The highest BCUT2D eigenvalue weighted by Gasteiger charge is 2.30. The molecule has 1 aromatic rings. The highest BCUT2D eigenvalue weighted by Crippen LogP contribution is 2.29. The third kappa shape index (κ3) is 3.16. The lowest BCUT2D eigenvalue weighted by Gasteiger charge is -2.22. The van der Waals surface area contributed by atoms with Crippen LogP contribution < -0.4 is 5.32 Å². The van der Waals surface area contributed by atoms with E-state index in [9.17, 15) is 5.11 Å². The maximum absolute atomic E-state index is 10.2. The molecule has 2 N–H and O–H groups in total. The van der Waals surface area contributed by atoms with Crippen LogP contribution in [-0.4, -0.2) is 27.2 Å². The first-order chi connectivity index (χ1) is 8.09. The molecule has 4 nitrogen and oxygen atoms in total. The van der Waals surface area contributed by atoms with Gasteiger partial charge in [-0.1, -0.05) is 26.7 Å². The maximum Gasteiger partial charge on any atom is 0.129 e. The van der Waals surface area contributed by atoms with E-state index in [1.807, 2.05) is 6.07 Å². The van der Waals surface area contributed by atoms with E-state index in [-0.39, 0.29) is 0 Å². The number of aliphatic hydroxyl groups is 1. The molecular weight excluding hydrogens is 214 g/mol. The summed E-state index contributed by atoms with van der Waals surface area (Å²) in [5.74, 6) is 1.21. The van der Waals surface area contributed by atoms with Crippen molar-refractivity contribution in [3.8, 4) is 0 Å². The predicted octanol–water partition coefficient (Wildman–Crippen LogP) is 2.32. The first-order valence-corrected chi connectivity index (χ1v) is 6.37. The van der Waals surface area contributed by atoms with Gasteiger partial charge >= 0.3 is 0 Å². The van der Waals surface area contributed by atoms with Crippen molar-refractivity contribution in [2.45, 2.75) is 51.0 Å². The van der Waals surface area contributed by atoms with Gasteiger partial charge in [0.2, 0.25) is 0 Å². The molecular formula is C13H21N3O. The molecule has 17 heavy (non-hydrogen) atoms. The average molecular weight is 235 g/mol. The van der Waals surface area contributed by atoms with Crippen LogP contribution >= 0.6 is 0 Å². The lowest BCUT2D eigenvalue weighted by molar-refractivity contribution is 0.0614. The Labute approximate surface area is 102 Å². The zero-order valence-corrected chi connectivity index (χ0v) is 10.6. The molecule has 0 spiro atoms. The maximum atomic E-state index is 10.2. The van der Waals surface area contributed by atoms with Crippen molar-refractivity contribution in [3.05, 3.63) is 18.1 Å². The van der Waals surface area contributed by atoms with Crippen molar-refractivity contribution < 1.29 is 5.11 Å². The van der Waals surface area contributed by atoms with E-state index in [2.05, 4.69) is 29.1 Å². The highest BCUT2D eigenvalue weighted by molar-refractivity contribution is 5.36. The summed E-state index contributed by atoms with van der Waals surface area (Å²) in [5.41, 5.74) is 0.490. The van der Waals surface area contributed by atoms with Crippen LogP contribution in [0.3, 0.4) is 0 Å². The summed E-state index contributed by atoms with van der Waals surface area (Å²) in [5, 5.41) is 13.4. The first-order valence-electron chi connectivity index (χ1n) is 6.37. The summed E-state index contributed by atoms with van der Waals surface area (Å²) in [6.07, 6.45) is 5.61. The zero-order valence-electron chi connectivity index (χ0n) is 10.6. The Morgan fingerprint density at radius 1 is 1.35 bits per heavy atom. The van der Waals surface area contributed by atoms with E-state index < -0.39 is 5.60 Å². The molecule has 0 unspecified atom stereocenters. The zero-order chi connectivity index (χ0) is 12.3. The van der Waals surface area contributed by atoms with Crippen LogP contribution in [0.1, 0.15) is 51.1 Å². The molecule has 1 fully saturated rings. The van der Waals surface area contributed by atoms with Crippen LogP contribution in [0, 0.1) is 0 Å². The summed E-state index contributed by atoms with van der Waals surface area (Å²) in [4.78, 5) is 8.40. The second-order valence-electron chi connectivity index (χ2n) is 5.27. The molecule has 0 aliphatic heterocycles. The number of anilines is 1. The average Bonchev–Trinajstić information content (AvgIpc) is 2.75. The van der Waals surface area contributed by atoms with Crippen LogP contribution in [0.15, 0.2) is 12.4 Å². The summed E-state index contributed by atoms with van der Waals surface area (Å²) < 4.78 is 0. The predicted molar refractivity (Wildman–Crippen MR) is 68.0 cm³/mol. The summed E-state index contributed by atoms with van der Waals surface area (Å²) in [6.45, 7) is 4.80. The van der Waals surface area contributed by atoms with Gasteiger partial charge in [0.15, 0.2) is 0 Å². The van der Waals surface area contributed by atoms with E-state index in [4.69, 9.17) is 0 Å². The topological polar surface area (TPSA) is 58.0 Å². The Morgan fingerprint density at radius 2 is 2.06 bits per heavy atom. The van der Waals surface area contributed by atoms with Gasteiger partial charge in [0.1, 0.15) is 12.1 Å². The largest absolute Gasteiger partial charge is 0.388 e. The van der Waals surface area contributed by atoms with Gasteiger partial charge in [0.05, 0.1) is 5.60 Å². The van der Waals surface area contributed by atoms with Crippen molar-refractivity contribution in [2.75, 3.05) is 11.9 Å². The molecule has 1 aliphatic rings. The van der Waals surface area contributed by atoms with E-state index in [1.165, 1.54) is 0 Å². The smallest absolute Gasteiger partial charge is 0.129 e. The lowest BCUT2D eigenvalue weighted by Crippen LogP contribution is -2.33. The molecule has 0 bridgehead atoms. The SMILES string of the molecule is CC(C)c1cc(NCC2(O)CCCC2)ncn1. The summed E-state index contributed by atoms with van der Waals surface area (Å²) >= 11 is 0. The summed E-state index contributed by atoms with van der Waals surface area (Å²) in [6, 6.07) is 1.96. The minimum absolute atomic E-state index is 0.396. The van der Waals surface area contributed by atoms with E-state index in [1.54, 1.807) is 6.33 Å². The lowest BCUT2D eigenvalue weighted by atomic mass is 10.0. The van der Waals surface area contributed by atoms with Gasteiger partial charge in [-0.15, -0.1) is 0 Å². The van der Waals surface area contributed by atoms with Gasteiger partial charge in [-0.05, 0) is 18.8 Å². The van der Waals surface area contributed by atoms with Gasteiger partial charge in [0, 0.05) is 18.3 Å². The van der Waals surface area contributed by atoms with Gasteiger partial charge in [-0.3, -0.25) is 0 Å². The van der Waals surface area contributed by atoms with Crippen molar-refractivity contribution >= 4 is 5.82 Å². The molecule has 1 aliphatic carbocycles. The van der Waals surface area contributed by atoms with Gasteiger partial charge < -0.3 is 10.4 Å². The van der Waals surface area contributed by atoms with Crippen LogP contribution in [0.5, 0.6) is 0 Å². The van der Waals surface area contributed by atoms with Crippen molar-refractivity contribution in [2.24, 2.45) is 0 Å². The van der Waals surface area contributed by atoms with Crippen molar-refractivity contribution in [1.29, 1.82) is 0 Å². The molecule has 0 atom stereocenters. The monoisotopic (exact) mass is 235 g/mol. The Morgan fingerprint density at radius 3 is 2.71 bits per heavy atom. The molecule has 94 valence electrons. The van der Waals surface area contributed by atoms with E-state index in [0.717, 1.165) is 37.2 Å². The first kappa shape index (κ1) is 12.3. The van der Waals surface area contributed by atoms with Crippen molar-refractivity contribution in [1.82, 2.24) is 9.97 Å². The fourth-order valence-corrected chi connectivity index (χ4v) is 2.25. The Bertz CT molecular complexity index is 373. The highest BCUT2D eigenvalue weighted by atomic mass is 16.3. The fraction of sp³-hybridized carbons (Fsp3) is 0.692. The molecule has 2 rings (SSSR count). The second kappa shape index (κ2) is 5.00. The third-order valence-electron chi connectivity index (χ3n) is 3.41. The molecule has 0 saturated heterocycles. The van der Waals surface area contributed by atoms with Crippen LogP contribution in [0.25, 0.3) is 0 Å². The Balaban J connectivity index is 1.96. The van der Waals surface area contributed by atoms with Gasteiger partial charge in [-0.2, -0.15) is 0 Å². The van der Waals surface area contributed by atoms with E-state index >= 15 is 0 Å². The molecule has 1 aromatic heterocycles. The van der Waals surface area contributed by atoms with Gasteiger partial charge in [0.25, 0.3) is 0 Å². The molecule has 1 saturated carbocycles. The standard InChI is InChI=1S/C13H21N3O/c1-10(2)11-7-12(16-9-15-11)14-8-13(17)5-3-4-6-13/h7,9-10,17H,3-6,8H2,1-2H3,(H,14,15,16). The van der Waals surface area contributed by atoms with Crippen LogP contribution in [0.2, 0.25) is 0 Å². The molecule has 0 aromatic carbocycles. The molecule has 0 amide bonds. The molecule has 0 radical (unpaired) electrons. The summed E-state index contributed by atoms with van der Waals surface area (Å²) in [7, 11) is 0. The minimum atomic E-state index is -0.539. The van der Waals surface area contributed by atoms with Crippen LogP contribution in [-0.2, 0) is 0 Å². The number of aromatic nitrogens is 2. The van der Waals surface area contributed by atoms with Crippen LogP contribution in [0.4, 0.5) is 5.82 Å². The van der Waals surface area contributed by atoms with Crippen molar-refractivity contribution in [3.63, 3.8) is 0 Å². The normalized spacial score (nSPS) is 18.6. The molecule has 4 heteroatoms. The number of nitrogens with one attached hydrogen (secondary N) is 1. The number of hydrogen-bond donors (Lipinski definition) is 2. The third-order valence-corrected chi connectivity index (χ3v) is 3.41. The molecule has 1 heterocycles. The van der Waals surface area contributed by atoms with Gasteiger partial charge in [-0.25, -0.2) is 9.97 Å². The Hall–Kier alpha value is -1.16. The number of hydrogen-bond acceptors (Lipinski definition) is 4. The number of nitrogens with zero attached hydrogens (tertiary/aromatic N) is 2. The number of rotatable bonds is 4. The quantitative estimate of drug-likeness (QED) is 0.841. The van der Waals surface area contributed by atoms with E-state index in [0.29, 0.717) is 12.5 Å². The Kier molecular flexibility index (Phi) is 3.62. The second-order valence-corrected chi connectivity index (χ2v) is 5.27.